The van der Waals surface area contributed by atoms with Crippen LogP contribution in [0.25, 0.3) is 0 Å². The first-order valence-corrected chi connectivity index (χ1v) is 4.35. The normalized spacial score (nSPS) is 12.5. The molecule has 0 saturated heterocycles. The Kier molecular flexibility index (Phi) is 4.32. The average Bonchev–Trinajstić information content (AvgIpc) is 2.17. The summed E-state index contributed by atoms with van der Waals surface area (Å²) in [5.74, 6) is 0.00426. The number of aliphatic hydroxyl groups excluding tert-OH is 1. The van der Waals surface area contributed by atoms with Crippen molar-refractivity contribution in [3.63, 3.8) is 0 Å². The Labute approximate surface area is 81.1 Å². The van der Waals surface area contributed by atoms with Crippen molar-refractivity contribution in [3.05, 3.63) is 30.1 Å². The summed E-state index contributed by atoms with van der Waals surface area (Å²) in [5, 5.41) is 8.86. The molecule has 0 heterocycles. The summed E-state index contributed by atoms with van der Waals surface area (Å²) in [7, 11) is 0. The minimum atomic E-state index is -0.997. The van der Waals surface area contributed by atoms with E-state index in [0.717, 1.165) is 0 Å². The molecule has 0 spiro atoms. The Balaban J connectivity index is 2.31. The first kappa shape index (κ1) is 10.9. The molecule has 1 unspecified atom stereocenters. The van der Waals surface area contributed by atoms with Crippen molar-refractivity contribution < 1.29 is 18.6 Å². The van der Waals surface area contributed by atoms with Gasteiger partial charge in [0.15, 0.2) is 0 Å². The summed E-state index contributed by atoms with van der Waals surface area (Å²) in [6.07, 6.45) is -0.795. The van der Waals surface area contributed by atoms with Crippen LogP contribution in [0.2, 0.25) is 0 Å². The van der Waals surface area contributed by atoms with E-state index in [9.17, 15) is 8.78 Å². The van der Waals surface area contributed by atoms with Crippen LogP contribution in [0, 0.1) is 5.82 Å². The molecule has 0 radical (unpaired) electrons. The highest BCUT2D eigenvalue weighted by molar-refractivity contribution is 5.22. The number of halogens is 2. The van der Waals surface area contributed by atoms with Gasteiger partial charge in [0, 0.05) is 12.5 Å². The highest BCUT2D eigenvalue weighted by Gasteiger charge is 2.03. The fourth-order valence-electron chi connectivity index (χ4n) is 0.947. The molecule has 0 amide bonds. The molecule has 0 aromatic heterocycles. The van der Waals surface area contributed by atoms with Crippen LogP contribution in [-0.2, 0) is 0 Å². The molecule has 4 heteroatoms. The first-order valence-electron chi connectivity index (χ1n) is 4.35. The molecule has 0 saturated carbocycles. The second-order valence-electron chi connectivity index (χ2n) is 2.90. The second-order valence-corrected chi connectivity index (χ2v) is 2.90. The van der Waals surface area contributed by atoms with Gasteiger partial charge in [-0.2, -0.15) is 0 Å². The van der Waals surface area contributed by atoms with Gasteiger partial charge >= 0.3 is 0 Å². The molecule has 1 rings (SSSR count). The van der Waals surface area contributed by atoms with Crippen LogP contribution in [0.5, 0.6) is 5.75 Å². The Morgan fingerprint density at radius 1 is 1.43 bits per heavy atom. The summed E-state index contributed by atoms with van der Waals surface area (Å²) >= 11 is 0. The van der Waals surface area contributed by atoms with Gasteiger partial charge in [0.1, 0.15) is 18.2 Å². The van der Waals surface area contributed by atoms with Crippen LogP contribution < -0.4 is 4.74 Å². The van der Waals surface area contributed by atoms with E-state index in [2.05, 4.69) is 0 Å². The van der Waals surface area contributed by atoms with E-state index in [1.807, 2.05) is 0 Å². The molecule has 1 aromatic carbocycles. The number of benzene rings is 1. The van der Waals surface area contributed by atoms with Gasteiger partial charge in [0.05, 0.1) is 12.7 Å². The Hall–Kier alpha value is -1.16. The lowest BCUT2D eigenvalue weighted by Gasteiger charge is -2.08. The standard InChI is InChI=1S/C10H12F2O2/c11-7-9(13)4-5-14-10-3-1-2-8(12)6-10/h1-3,6,9,13H,4-5,7H2. The zero-order valence-corrected chi connectivity index (χ0v) is 7.62. The van der Waals surface area contributed by atoms with Crippen molar-refractivity contribution in [2.24, 2.45) is 0 Å². The molecule has 2 nitrogen and oxygen atoms in total. The number of hydrogen-bond acceptors (Lipinski definition) is 2. The SMILES string of the molecule is OC(CF)CCOc1cccc(F)c1. The van der Waals surface area contributed by atoms with Crippen molar-refractivity contribution >= 4 is 0 Å². The van der Waals surface area contributed by atoms with Crippen LogP contribution in [0.3, 0.4) is 0 Å². The zero-order valence-electron chi connectivity index (χ0n) is 7.62. The Morgan fingerprint density at radius 3 is 2.86 bits per heavy atom. The Morgan fingerprint density at radius 2 is 2.21 bits per heavy atom. The van der Waals surface area contributed by atoms with Gasteiger partial charge < -0.3 is 9.84 Å². The molecule has 1 atom stereocenters. The van der Waals surface area contributed by atoms with Gasteiger partial charge in [0.2, 0.25) is 0 Å². The summed E-state index contributed by atoms with van der Waals surface area (Å²) in [4.78, 5) is 0. The fraction of sp³-hybridized carbons (Fsp3) is 0.400. The number of rotatable bonds is 5. The predicted molar refractivity (Wildman–Crippen MR) is 48.5 cm³/mol. The van der Waals surface area contributed by atoms with Crippen LogP contribution >= 0.6 is 0 Å². The van der Waals surface area contributed by atoms with Crippen molar-refractivity contribution in [2.75, 3.05) is 13.3 Å². The molecule has 0 bridgehead atoms. The average molecular weight is 202 g/mol. The quantitative estimate of drug-likeness (QED) is 0.790. The van der Waals surface area contributed by atoms with E-state index >= 15 is 0 Å². The minimum Gasteiger partial charge on any atom is -0.493 e. The zero-order chi connectivity index (χ0) is 10.4. The molecule has 0 aliphatic carbocycles. The molecule has 0 aliphatic rings. The van der Waals surface area contributed by atoms with Crippen molar-refractivity contribution in [1.82, 2.24) is 0 Å². The van der Waals surface area contributed by atoms with E-state index in [4.69, 9.17) is 9.84 Å². The van der Waals surface area contributed by atoms with E-state index in [-0.39, 0.29) is 18.8 Å². The fourth-order valence-corrected chi connectivity index (χ4v) is 0.947. The first-order chi connectivity index (χ1) is 6.72. The van der Waals surface area contributed by atoms with Gasteiger partial charge in [-0.05, 0) is 12.1 Å². The van der Waals surface area contributed by atoms with Crippen molar-refractivity contribution in [3.8, 4) is 5.75 Å². The smallest absolute Gasteiger partial charge is 0.126 e. The Bertz CT molecular complexity index is 279. The van der Waals surface area contributed by atoms with E-state index in [0.29, 0.717) is 5.75 Å². The van der Waals surface area contributed by atoms with Crippen LogP contribution in [0.1, 0.15) is 6.42 Å². The van der Waals surface area contributed by atoms with E-state index in [1.54, 1.807) is 6.07 Å². The van der Waals surface area contributed by atoms with Gasteiger partial charge in [-0.3, -0.25) is 0 Å². The third-order valence-electron chi connectivity index (χ3n) is 1.69. The topological polar surface area (TPSA) is 29.5 Å². The maximum Gasteiger partial charge on any atom is 0.126 e. The number of hydrogen-bond donors (Lipinski definition) is 1. The molecule has 14 heavy (non-hydrogen) atoms. The van der Waals surface area contributed by atoms with E-state index < -0.39 is 12.8 Å². The maximum atomic E-state index is 12.6. The molecule has 0 fully saturated rings. The molecule has 1 aromatic rings. The molecule has 78 valence electrons. The highest BCUT2D eigenvalue weighted by atomic mass is 19.1. The summed E-state index contributed by atoms with van der Waals surface area (Å²) < 4.78 is 29.5. The van der Waals surface area contributed by atoms with Gasteiger partial charge in [-0.25, -0.2) is 8.78 Å². The summed E-state index contributed by atoms with van der Waals surface area (Å²) in [6.45, 7) is -0.610. The molecule has 0 aliphatic heterocycles. The van der Waals surface area contributed by atoms with Crippen LogP contribution in [-0.4, -0.2) is 24.5 Å². The number of ether oxygens (including phenoxy) is 1. The van der Waals surface area contributed by atoms with Gasteiger partial charge in [-0.15, -0.1) is 0 Å². The summed E-state index contributed by atoms with van der Waals surface area (Å²) in [6, 6.07) is 5.67. The second kappa shape index (κ2) is 5.54. The lowest BCUT2D eigenvalue weighted by molar-refractivity contribution is 0.112. The van der Waals surface area contributed by atoms with Crippen LogP contribution in [0.4, 0.5) is 8.78 Å². The number of alkyl halides is 1. The van der Waals surface area contributed by atoms with Crippen molar-refractivity contribution in [2.45, 2.75) is 12.5 Å². The molecular weight excluding hydrogens is 190 g/mol. The monoisotopic (exact) mass is 202 g/mol. The lowest BCUT2D eigenvalue weighted by atomic mass is 10.3. The third-order valence-corrected chi connectivity index (χ3v) is 1.69. The van der Waals surface area contributed by atoms with Gasteiger partial charge in [-0.1, -0.05) is 6.07 Å². The van der Waals surface area contributed by atoms with Crippen LogP contribution in [0.15, 0.2) is 24.3 Å². The maximum absolute atomic E-state index is 12.6. The highest BCUT2D eigenvalue weighted by Crippen LogP contribution is 2.12. The van der Waals surface area contributed by atoms with Crippen molar-refractivity contribution in [1.29, 1.82) is 0 Å². The van der Waals surface area contributed by atoms with Gasteiger partial charge in [0.25, 0.3) is 0 Å². The molecule has 1 N–H and O–H groups in total. The predicted octanol–water partition coefficient (Wildman–Crippen LogP) is 1.93. The molecular formula is C10H12F2O2. The third kappa shape index (κ3) is 3.70. The lowest BCUT2D eigenvalue weighted by Crippen LogP contribution is -2.13. The largest absolute Gasteiger partial charge is 0.493 e. The summed E-state index contributed by atoms with van der Waals surface area (Å²) in [5.41, 5.74) is 0. The van der Waals surface area contributed by atoms with E-state index in [1.165, 1.54) is 18.2 Å². The number of aliphatic hydroxyl groups is 1. The minimum absolute atomic E-state index is 0.175.